The number of ether oxygens (including phenoxy) is 1. The summed E-state index contributed by atoms with van der Waals surface area (Å²) in [4.78, 5) is 13.8. The van der Waals surface area contributed by atoms with E-state index in [1.54, 1.807) is 18.0 Å². The van der Waals surface area contributed by atoms with Crippen molar-refractivity contribution in [1.29, 1.82) is 0 Å². The molecule has 0 aliphatic rings. The molecule has 3 aromatic carbocycles. The molecule has 5 nitrogen and oxygen atoms in total. The summed E-state index contributed by atoms with van der Waals surface area (Å²) in [5.74, 6) is 1.22. The maximum absolute atomic E-state index is 12.6. The van der Waals surface area contributed by atoms with Crippen LogP contribution in [0.3, 0.4) is 0 Å². The molecule has 0 atom stereocenters. The molecule has 0 aliphatic carbocycles. The number of rotatable bonds is 6. The maximum atomic E-state index is 12.6. The van der Waals surface area contributed by atoms with Crippen LogP contribution < -0.4 is 10.2 Å². The van der Waals surface area contributed by atoms with Gasteiger partial charge in [-0.1, -0.05) is 30.3 Å². The molecule has 6 heteroatoms. The zero-order chi connectivity index (χ0) is 20.9. The molecule has 0 fully saturated rings. The number of amides is 1. The van der Waals surface area contributed by atoms with E-state index in [2.05, 4.69) is 10.5 Å². The second-order valence-corrected chi connectivity index (χ2v) is 7.58. The summed E-state index contributed by atoms with van der Waals surface area (Å²) < 4.78 is 7.74. The van der Waals surface area contributed by atoms with Crippen LogP contribution in [0.5, 0.6) is 11.5 Å². The number of aromatic nitrogens is 1. The van der Waals surface area contributed by atoms with Crippen molar-refractivity contribution in [2.75, 3.05) is 6.26 Å². The smallest absolute Gasteiger partial charge is 0.287 e. The number of nitrogens with one attached hydrogen (secondary N) is 1. The van der Waals surface area contributed by atoms with Crippen LogP contribution in [0.2, 0.25) is 0 Å². The first-order valence-electron chi connectivity index (χ1n) is 9.44. The number of para-hydroxylation sites is 1. The lowest BCUT2D eigenvalue weighted by Gasteiger charge is -2.06. The van der Waals surface area contributed by atoms with Gasteiger partial charge >= 0.3 is 0 Å². The van der Waals surface area contributed by atoms with Gasteiger partial charge < -0.3 is 9.30 Å². The number of nitrogens with zero attached hydrogens (tertiary/aromatic N) is 2. The van der Waals surface area contributed by atoms with Gasteiger partial charge in [0.15, 0.2) is 0 Å². The van der Waals surface area contributed by atoms with Gasteiger partial charge in [0.25, 0.3) is 5.91 Å². The molecule has 1 aromatic heterocycles. The third kappa shape index (κ3) is 4.39. The molecule has 0 saturated carbocycles. The lowest BCUT2D eigenvalue weighted by Crippen LogP contribution is -2.20. The average Bonchev–Trinajstić information content (AvgIpc) is 3.11. The van der Waals surface area contributed by atoms with Gasteiger partial charge in [0.05, 0.1) is 6.21 Å². The largest absolute Gasteiger partial charge is 0.457 e. The van der Waals surface area contributed by atoms with Crippen LogP contribution >= 0.6 is 11.8 Å². The first-order chi connectivity index (χ1) is 14.6. The van der Waals surface area contributed by atoms with E-state index in [0.717, 1.165) is 28.0 Å². The van der Waals surface area contributed by atoms with E-state index >= 15 is 0 Å². The van der Waals surface area contributed by atoms with E-state index < -0.39 is 0 Å². The number of carbonyl (C=O) groups excluding carboxylic acids is 1. The van der Waals surface area contributed by atoms with Crippen LogP contribution in [0.1, 0.15) is 16.1 Å². The summed E-state index contributed by atoms with van der Waals surface area (Å²) in [6.45, 7) is 0. The number of benzene rings is 3. The van der Waals surface area contributed by atoms with Crippen molar-refractivity contribution >= 4 is 34.8 Å². The molecule has 30 heavy (non-hydrogen) atoms. The van der Waals surface area contributed by atoms with Crippen molar-refractivity contribution < 1.29 is 9.53 Å². The first kappa shape index (κ1) is 19.8. The topological polar surface area (TPSA) is 55.6 Å². The van der Waals surface area contributed by atoms with Gasteiger partial charge in [-0.3, -0.25) is 4.79 Å². The molecule has 0 bridgehead atoms. The molecule has 0 spiro atoms. The van der Waals surface area contributed by atoms with Crippen molar-refractivity contribution in [2.45, 2.75) is 4.90 Å². The number of aryl methyl sites for hydroxylation is 1. The normalized spacial score (nSPS) is 11.1. The zero-order valence-corrected chi connectivity index (χ0v) is 17.5. The summed E-state index contributed by atoms with van der Waals surface area (Å²) >= 11 is 1.68. The molecule has 4 rings (SSSR count). The molecular weight excluding hydrogens is 394 g/mol. The van der Waals surface area contributed by atoms with Gasteiger partial charge in [0.2, 0.25) is 0 Å². The molecule has 0 unspecified atom stereocenters. The molecule has 0 radical (unpaired) electrons. The number of hydrogen-bond donors (Lipinski definition) is 1. The number of hydrogen-bond acceptors (Lipinski definition) is 4. The molecule has 1 N–H and O–H groups in total. The van der Waals surface area contributed by atoms with Crippen molar-refractivity contribution in [1.82, 2.24) is 9.99 Å². The van der Waals surface area contributed by atoms with Gasteiger partial charge in [-0.2, -0.15) is 5.10 Å². The standard InChI is InChI=1S/C24H21N3O2S/c1-27-22-13-10-20(29-19-6-4-3-5-7-19)14-18(22)15-23(27)24(28)26-25-16-17-8-11-21(30-2)12-9-17/h3-16H,1-2H3,(H,26,28). The van der Waals surface area contributed by atoms with Gasteiger partial charge in [-0.25, -0.2) is 5.43 Å². The minimum Gasteiger partial charge on any atom is -0.457 e. The number of fused-ring (bicyclic) bond motifs is 1. The van der Waals surface area contributed by atoms with Crippen molar-refractivity contribution in [2.24, 2.45) is 12.1 Å². The highest BCUT2D eigenvalue weighted by molar-refractivity contribution is 7.98. The predicted octanol–water partition coefficient (Wildman–Crippen LogP) is 5.46. The fourth-order valence-electron chi connectivity index (χ4n) is 3.15. The second kappa shape index (κ2) is 8.88. The summed E-state index contributed by atoms with van der Waals surface area (Å²) in [6, 6.07) is 25.2. The van der Waals surface area contributed by atoms with Crippen molar-refractivity contribution in [3.63, 3.8) is 0 Å². The van der Waals surface area contributed by atoms with E-state index in [9.17, 15) is 4.79 Å². The van der Waals surface area contributed by atoms with Crippen LogP contribution in [0.4, 0.5) is 0 Å². The Labute approximate surface area is 179 Å². The number of hydrazone groups is 1. The van der Waals surface area contributed by atoms with E-state index in [1.165, 1.54) is 4.90 Å². The van der Waals surface area contributed by atoms with Crippen LogP contribution in [0.25, 0.3) is 10.9 Å². The summed E-state index contributed by atoms with van der Waals surface area (Å²) in [6.07, 6.45) is 3.67. The van der Waals surface area contributed by atoms with Gasteiger partial charge in [0.1, 0.15) is 17.2 Å². The van der Waals surface area contributed by atoms with Gasteiger partial charge in [-0.05, 0) is 60.4 Å². The van der Waals surface area contributed by atoms with Crippen LogP contribution in [0, 0.1) is 0 Å². The van der Waals surface area contributed by atoms with Crippen LogP contribution in [-0.4, -0.2) is 22.9 Å². The molecule has 4 aromatic rings. The fourth-order valence-corrected chi connectivity index (χ4v) is 3.55. The summed E-state index contributed by atoms with van der Waals surface area (Å²) in [7, 11) is 1.86. The molecule has 0 saturated heterocycles. The van der Waals surface area contributed by atoms with Gasteiger partial charge in [0, 0.05) is 22.8 Å². The quantitative estimate of drug-likeness (QED) is 0.259. The fraction of sp³-hybridized carbons (Fsp3) is 0.0833. The number of carbonyl (C=O) groups is 1. The van der Waals surface area contributed by atoms with E-state index in [4.69, 9.17) is 4.74 Å². The third-order valence-electron chi connectivity index (χ3n) is 4.72. The summed E-state index contributed by atoms with van der Waals surface area (Å²) in [5.41, 5.74) is 5.00. The third-order valence-corrected chi connectivity index (χ3v) is 5.46. The molecular formula is C24H21N3O2S. The van der Waals surface area contributed by atoms with Crippen LogP contribution in [-0.2, 0) is 7.05 Å². The SMILES string of the molecule is CSc1ccc(C=NNC(=O)c2cc3cc(Oc4ccccc4)ccc3n2C)cc1. The Balaban J connectivity index is 1.49. The monoisotopic (exact) mass is 415 g/mol. The van der Waals surface area contributed by atoms with Crippen molar-refractivity contribution in [3.05, 3.63) is 90.1 Å². The lowest BCUT2D eigenvalue weighted by molar-refractivity contribution is 0.0947. The highest BCUT2D eigenvalue weighted by atomic mass is 32.2. The average molecular weight is 416 g/mol. The van der Waals surface area contributed by atoms with Crippen molar-refractivity contribution in [3.8, 4) is 11.5 Å². The highest BCUT2D eigenvalue weighted by Gasteiger charge is 2.13. The first-order valence-corrected chi connectivity index (χ1v) is 10.7. The minimum atomic E-state index is -0.267. The zero-order valence-electron chi connectivity index (χ0n) is 16.7. The Morgan fingerprint density at radius 1 is 1.00 bits per heavy atom. The van der Waals surface area contributed by atoms with Gasteiger partial charge in [-0.15, -0.1) is 11.8 Å². The van der Waals surface area contributed by atoms with E-state index in [-0.39, 0.29) is 5.91 Å². The molecule has 1 heterocycles. The highest BCUT2D eigenvalue weighted by Crippen LogP contribution is 2.27. The minimum absolute atomic E-state index is 0.267. The Morgan fingerprint density at radius 3 is 2.50 bits per heavy atom. The predicted molar refractivity (Wildman–Crippen MR) is 123 cm³/mol. The summed E-state index contributed by atoms with van der Waals surface area (Å²) in [5, 5.41) is 5.01. The number of thioether (sulfide) groups is 1. The lowest BCUT2D eigenvalue weighted by atomic mass is 10.2. The van der Waals surface area contributed by atoms with E-state index in [0.29, 0.717) is 5.69 Å². The maximum Gasteiger partial charge on any atom is 0.287 e. The van der Waals surface area contributed by atoms with E-state index in [1.807, 2.05) is 96.7 Å². The Hall–Kier alpha value is -3.51. The molecule has 0 aliphatic heterocycles. The Morgan fingerprint density at radius 2 is 1.77 bits per heavy atom. The van der Waals surface area contributed by atoms with Crippen LogP contribution in [0.15, 0.2) is 88.9 Å². The molecule has 150 valence electrons. The Kier molecular flexibility index (Phi) is 5.86. The molecule has 1 amide bonds. The Bertz CT molecular complexity index is 1200. The second-order valence-electron chi connectivity index (χ2n) is 6.70.